The minimum atomic E-state index is -3.95. The number of aryl methyl sites for hydroxylation is 1. The number of hydrazine groups is 1. The lowest BCUT2D eigenvalue weighted by atomic mass is 10.1. The van der Waals surface area contributed by atoms with Crippen molar-refractivity contribution in [1.82, 2.24) is 14.4 Å². The summed E-state index contributed by atoms with van der Waals surface area (Å²) in [7, 11) is -3.95. The molecule has 0 aliphatic rings. The maximum Gasteiger partial charge on any atom is 0.429 e. The fourth-order valence-corrected chi connectivity index (χ4v) is 5.06. The van der Waals surface area contributed by atoms with E-state index in [9.17, 15) is 18.0 Å². The summed E-state index contributed by atoms with van der Waals surface area (Å²) >= 11 is 0. The lowest BCUT2D eigenvalue weighted by molar-refractivity contribution is -0.00790. The summed E-state index contributed by atoms with van der Waals surface area (Å²) in [5.41, 5.74) is 2.71. The van der Waals surface area contributed by atoms with Gasteiger partial charge in [-0.25, -0.2) is 32.4 Å². The summed E-state index contributed by atoms with van der Waals surface area (Å²) in [6, 6.07) is 12.7. The van der Waals surface area contributed by atoms with Gasteiger partial charge in [0.15, 0.2) is 0 Å². The first kappa shape index (κ1) is 28.0. The quantitative estimate of drug-likeness (QED) is 0.420. The van der Waals surface area contributed by atoms with Crippen molar-refractivity contribution in [1.29, 1.82) is 0 Å². The molecule has 0 aliphatic heterocycles. The normalized spacial score (nSPS) is 13.2. The number of carbonyl (C=O) groups excluding carboxylic acids is 2. The summed E-state index contributed by atoms with van der Waals surface area (Å²) in [5.74, 6) is 0. The number of nitrogens with zero attached hydrogens (tertiary/aromatic N) is 2. The average molecular weight is 530 g/mol. The molecule has 1 N–H and O–H groups in total. The first-order valence-electron chi connectivity index (χ1n) is 11.9. The van der Waals surface area contributed by atoms with Crippen LogP contribution in [-0.4, -0.2) is 40.8 Å². The monoisotopic (exact) mass is 529 g/mol. The van der Waals surface area contributed by atoms with Crippen LogP contribution >= 0.6 is 0 Å². The van der Waals surface area contributed by atoms with Gasteiger partial charge in [-0.1, -0.05) is 35.9 Å². The third-order valence-electron chi connectivity index (χ3n) is 5.32. The number of hydrogen-bond acceptors (Lipinski definition) is 6. The van der Waals surface area contributed by atoms with Crippen LogP contribution in [0.5, 0.6) is 0 Å². The Hall–Kier alpha value is -3.53. The van der Waals surface area contributed by atoms with Crippen molar-refractivity contribution in [3.63, 3.8) is 0 Å². The molecule has 200 valence electrons. The zero-order chi connectivity index (χ0) is 27.8. The molecular weight excluding hydrogens is 494 g/mol. The zero-order valence-electron chi connectivity index (χ0n) is 22.5. The number of nitrogens with one attached hydrogen (secondary N) is 1. The van der Waals surface area contributed by atoms with Crippen LogP contribution in [0.15, 0.2) is 59.6 Å². The number of hydrogen-bond donors (Lipinski definition) is 1. The fraction of sp³-hybridized carbons (Fsp3) is 0.407. The summed E-state index contributed by atoms with van der Waals surface area (Å²) in [6.07, 6.45) is -0.191. The van der Waals surface area contributed by atoms with Gasteiger partial charge in [0.2, 0.25) is 0 Å². The van der Waals surface area contributed by atoms with Crippen LogP contribution in [0.2, 0.25) is 0 Å². The van der Waals surface area contributed by atoms with Crippen LogP contribution in [-0.2, 0) is 19.5 Å². The second-order valence-corrected chi connectivity index (χ2v) is 12.7. The van der Waals surface area contributed by atoms with Crippen LogP contribution in [0.3, 0.4) is 0 Å². The molecule has 3 aromatic rings. The molecule has 9 nitrogen and oxygen atoms in total. The van der Waals surface area contributed by atoms with Gasteiger partial charge in [-0.05, 0) is 73.6 Å². The second-order valence-electron chi connectivity index (χ2n) is 10.9. The van der Waals surface area contributed by atoms with Crippen LogP contribution in [0.25, 0.3) is 10.9 Å². The number of carbonyl (C=O) groups is 2. The Bertz CT molecular complexity index is 1400. The third-order valence-corrected chi connectivity index (χ3v) is 7.01. The van der Waals surface area contributed by atoms with Crippen LogP contribution in [0, 0.1) is 6.92 Å². The first-order chi connectivity index (χ1) is 17.0. The number of ether oxygens (including phenoxy) is 2. The highest BCUT2D eigenvalue weighted by atomic mass is 32.2. The third kappa shape index (κ3) is 6.62. The molecule has 1 heterocycles. The molecule has 3 rings (SSSR count). The Morgan fingerprint density at radius 2 is 1.49 bits per heavy atom. The Morgan fingerprint density at radius 1 is 0.919 bits per heavy atom. The van der Waals surface area contributed by atoms with Crippen LogP contribution < -0.4 is 5.43 Å². The Balaban J connectivity index is 2.11. The van der Waals surface area contributed by atoms with Gasteiger partial charge in [0, 0.05) is 17.1 Å². The molecule has 0 saturated heterocycles. The number of rotatable bonds is 4. The van der Waals surface area contributed by atoms with Gasteiger partial charge in [0.05, 0.1) is 16.5 Å². The van der Waals surface area contributed by atoms with E-state index in [1.165, 1.54) is 10.2 Å². The predicted octanol–water partition coefficient (Wildman–Crippen LogP) is 5.92. The van der Waals surface area contributed by atoms with Crippen LogP contribution in [0.1, 0.15) is 65.6 Å². The number of aromatic nitrogens is 1. The average Bonchev–Trinajstić information content (AvgIpc) is 3.15. The molecule has 0 saturated carbocycles. The molecule has 37 heavy (non-hydrogen) atoms. The summed E-state index contributed by atoms with van der Waals surface area (Å²) in [6.45, 7) is 13.8. The van der Waals surface area contributed by atoms with Crippen molar-refractivity contribution < 1.29 is 27.5 Å². The molecule has 0 bridgehead atoms. The maximum absolute atomic E-state index is 13.6. The Labute approximate surface area is 218 Å². The van der Waals surface area contributed by atoms with Gasteiger partial charge in [0.1, 0.15) is 11.2 Å². The lowest BCUT2D eigenvalue weighted by Crippen LogP contribution is -2.50. The first-order valence-corrected chi connectivity index (χ1v) is 13.4. The van der Waals surface area contributed by atoms with E-state index in [2.05, 4.69) is 5.43 Å². The molecule has 0 radical (unpaired) electrons. The molecule has 1 atom stereocenters. The van der Waals surface area contributed by atoms with E-state index >= 15 is 0 Å². The molecule has 0 aliphatic carbocycles. The van der Waals surface area contributed by atoms with Gasteiger partial charge in [-0.3, -0.25) is 0 Å². The van der Waals surface area contributed by atoms with E-state index < -0.39 is 39.5 Å². The molecule has 10 heteroatoms. The highest BCUT2D eigenvalue weighted by Crippen LogP contribution is 2.32. The minimum Gasteiger partial charge on any atom is -0.443 e. The van der Waals surface area contributed by atoms with Crippen molar-refractivity contribution in [2.45, 2.75) is 77.5 Å². The van der Waals surface area contributed by atoms with E-state index in [0.29, 0.717) is 16.5 Å². The second kappa shape index (κ2) is 10.1. The van der Waals surface area contributed by atoms with Gasteiger partial charge < -0.3 is 9.47 Å². The smallest absolute Gasteiger partial charge is 0.429 e. The maximum atomic E-state index is 13.6. The van der Waals surface area contributed by atoms with E-state index in [-0.39, 0.29) is 4.90 Å². The van der Waals surface area contributed by atoms with Gasteiger partial charge in [0.25, 0.3) is 10.0 Å². The fourth-order valence-electron chi connectivity index (χ4n) is 3.68. The predicted molar refractivity (Wildman–Crippen MR) is 142 cm³/mol. The van der Waals surface area contributed by atoms with Crippen LogP contribution in [0.4, 0.5) is 9.59 Å². The molecule has 2 aromatic carbocycles. The van der Waals surface area contributed by atoms with E-state index in [1.54, 1.807) is 97.0 Å². The van der Waals surface area contributed by atoms with Gasteiger partial charge in [-0.15, -0.1) is 0 Å². The van der Waals surface area contributed by atoms with Crippen molar-refractivity contribution in [2.75, 3.05) is 0 Å². The highest BCUT2D eigenvalue weighted by Gasteiger charge is 2.33. The van der Waals surface area contributed by atoms with E-state index in [4.69, 9.17) is 9.47 Å². The minimum absolute atomic E-state index is 0.133. The molecule has 0 spiro atoms. The van der Waals surface area contributed by atoms with E-state index in [1.807, 2.05) is 6.92 Å². The van der Waals surface area contributed by atoms with Crippen molar-refractivity contribution in [3.8, 4) is 0 Å². The molecule has 2 amide bonds. The number of fused-ring (bicyclic) bond motifs is 1. The zero-order valence-corrected chi connectivity index (χ0v) is 23.3. The molecule has 0 fully saturated rings. The summed E-state index contributed by atoms with van der Waals surface area (Å²) in [5, 5.41) is 1.62. The Kier molecular flexibility index (Phi) is 7.64. The van der Waals surface area contributed by atoms with Gasteiger partial charge in [-0.2, -0.15) is 0 Å². The number of amides is 2. The standard InChI is InChI=1S/C27H35N3O6S/c1-18-13-15-20(16-14-18)37(33,34)29-17-22(21-11-9-10-12-23(21)29)19(2)30(25(32)36-27(6,7)8)28-24(31)35-26(3,4)5/h9-17,19H,1-8H3,(H,28,31). The van der Waals surface area contributed by atoms with Crippen molar-refractivity contribution >= 4 is 33.1 Å². The number of benzene rings is 2. The number of para-hydroxylation sites is 1. The summed E-state index contributed by atoms with van der Waals surface area (Å²) in [4.78, 5) is 25.9. The van der Waals surface area contributed by atoms with Crippen molar-refractivity contribution in [3.05, 3.63) is 65.9 Å². The SMILES string of the molecule is Cc1ccc(S(=O)(=O)n2cc(C(C)N(NC(=O)OC(C)(C)C)C(=O)OC(C)(C)C)c3ccccc32)cc1. The topological polar surface area (TPSA) is 107 Å². The molecule has 1 aromatic heterocycles. The molecule has 1 unspecified atom stereocenters. The lowest BCUT2D eigenvalue weighted by Gasteiger charge is -2.32. The highest BCUT2D eigenvalue weighted by molar-refractivity contribution is 7.90. The van der Waals surface area contributed by atoms with E-state index in [0.717, 1.165) is 10.6 Å². The Morgan fingerprint density at radius 3 is 2.05 bits per heavy atom. The molecular formula is C27H35N3O6S. The summed E-state index contributed by atoms with van der Waals surface area (Å²) < 4.78 is 39.3. The van der Waals surface area contributed by atoms with Gasteiger partial charge >= 0.3 is 12.2 Å². The van der Waals surface area contributed by atoms with Crippen molar-refractivity contribution in [2.24, 2.45) is 0 Å². The largest absolute Gasteiger partial charge is 0.443 e.